The Morgan fingerprint density at radius 1 is 1.19 bits per heavy atom. The molecule has 0 amide bonds. The Morgan fingerprint density at radius 3 is 2.28 bits per heavy atom. The van der Waals surface area contributed by atoms with Crippen LogP contribution in [0.15, 0.2) is 54.1 Å². The molecule has 1 N–H and O–H groups in total. The van der Waals surface area contributed by atoms with Gasteiger partial charge in [-0.3, -0.25) is 0 Å². The summed E-state index contributed by atoms with van der Waals surface area (Å²) in [6.07, 6.45) is -5.86. The Bertz CT molecular complexity index is 864. The minimum absolute atomic E-state index is 0.184. The third kappa shape index (κ3) is 4.87. The number of allylic oxidation sites excluding steroid dienone is 1. The molecule has 32 heavy (non-hydrogen) atoms. The molecule has 1 aliphatic rings. The highest BCUT2D eigenvalue weighted by Gasteiger charge is 2.64. The molecule has 0 unspecified atom stereocenters. The second kappa shape index (κ2) is 10.3. The standard InChI is InChI=1S/C22H25F3O7/c1-5-9-16-17(12-15(19(27)29-3)18(31-16)13(2)26)32-20(28)21(30-4,22(23,24)25)14-10-7-6-8-11-14/h5-13,16-18,26H,1-4H3/b9-5+/t13-,16-,17+,18+,21-/m0/s1. The van der Waals surface area contributed by atoms with Crippen molar-refractivity contribution < 1.29 is 46.8 Å². The van der Waals surface area contributed by atoms with Crippen LogP contribution in [-0.4, -0.2) is 61.9 Å². The lowest BCUT2D eigenvalue weighted by atomic mass is 9.92. The van der Waals surface area contributed by atoms with Crippen LogP contribution in [-0.2, 0) is 34.1 Å². The lowest BCUT2D eigenvalue weighted by Crippen LogP contribution is -2.54. The Kier molecular flexibility index (Phi) is 8.22. The van der Waals surface area contributed by atoms with Gasteiger partial charge >= 0.3 is 18.1 Å². The van der Waals surface area contributed by atoms with E-state index in [4.69, 9.17) is 14.2 Å². The summed E-state index contributed by atoms with van der Waals surface area (Å²) in [5.41, 5.74) is -4.07. The predicted octanol–water partition coefficient (Wildman–Crippen LogP) is 2.83. The van der Waals surface area contributed by atoms with Crippen molar-refractivity contribution in [3.8, 4) is 0 Å². The first-order chi connectivity index (χ1) is 15.0. The highest BCUT2D eigenvalue weighted by Crippen LogP contribution is 2.43. The van der Waals surface area contributed by atoms with Gasteiger partial charge in [0, 0.05) is 12.7 Å². The first-order valence-electron chi connectivity index (χ1n) is 9.68. The van der Waals surface area contributed by atoms with E-state index >= 15 is 0 Å². The van der Waals surface area contributed by atoms with Crippen molar-refractivity contribution in [2.75, 3.05) is 14.2 Å². The molecule has 5 atom stereocenters. The fraction of sp³-hybridized carbons (Fsp3) is 0.455. The fourth-order valence-corrected chi connectivity index (χ4v) is 3.40. The maximum Gasteiger partial charge on any atom is 0.432 e. The number of halogens is 3. The summed E-state index contributed by atoms with van der Waals surface area (Å²) < 4.78 is 62.7. The van der Waals surface area contributed by atoms with Crippen LogP contribution in [0.4, 0.5) is 13.2 Å². The molecule has 10 heteroatoms. The van der Waals surface area contributed by atoms with Crippen LogP contribution < -0.4 is 0 Å². The Balaban J connectivity index is 2.55. The highest BCUT2D eigenvalue weighted by molar-refractivity contribution is 5.90. The number of rotatable bonds is 7. The van der Waals surface area contributed by atoms with E-state index in [1.807, 2.05) is 0 Å². The smallest absolute Gasteiger partial charge is 0.432 e. The number of benzene rings is 1. The molecular formula is C22H25F3O7. The monoisotopic (exact) mass is 458 g/mol. The number of hydrogen-bond donors (Lipinski definition) is 1. The summed E-state index contributed by atoms with van der Waals surface area (Å²) >= 11 is 0. The van der Waals surface area contributed by atoms with E-state index in [1.54, 1.807) is 6.92 Å². The van der Waals surface area contributed by atoms with Crippen molar-refractivity contribution in [2.24, 2.45) is 0 Å². The number of carbonyl (C=O) groups is 2. The van der Waals surface area contributed by atoms with Crippen LogP contribution in [0.25, 0.3) is 0 Å². The SMILES string of the molecule is C/C=C/[C@@H]1O[C@H]([C@H](C)O)C(C(=O)OC)=C[C@H]1OC(=O)[C@@](OC)(c1ccccc1)C(F)(F)F. The molecule has 176 valence electrons. The maximum absolute atomic E-state index is 14.1. The quantitative estimate of drug-likeness (QED) is 0.496. The van der Waals surface area contributed by atoms with Crippen molar-refractivity contribution in [3.05, 3.63) is 59.7 Å². The number of methoxy groups -OCH3 is 2. The fourth-order valence-electron chi connectivity index (χ4n) is 3.40. The van der Waals surface area contributed by atoms with Crippen LogP contribution >= 0.6 is 0 Å². The van der Waals surface area contributed by atoms with Gasteiger partial charge in [0.25, 0.3) is 5.60 Å². The van der Waals surface area contributed by atoms with Crippen molar-refractivity contribution in [3.63, 3.8) is 0 Å². The zero-order valence-electron chi connectivity index (χ0n) is 18.0. The number of ether oxygens (including phenoxy) is 4. The first kappa shape index (κ1) is 25.6. The molecule has 0 bridgehead atoms. The molecule has 2 rings (SSSR count). The van der Waals surface area contributed by atoms with Crippen molar-refractivity contribution in [2.45, 2.75) is 50.0 Å². The Hall–Kier alpha value is -2.69. The number of esters is 2. The van der Waals surface area contributed by atoms with Gasteiger partial charge < -0.3 is 24.1 Å². The van der Waals surface area contributed by atoms with Gasteiger partial charge in [-0.25, -0.2) is 9.59 Å². The Labute approximate surface area is 183 Å². The molecule has 1 aromatic rings. The number of hydrogen-bond acceptors (Lipinski definition) is 7. The number of carbonyl (C=O) groups excluding carboxylic acids is 2. The number of aliphatic hydroxyl groups is 1. The average Bonchev–Trinajstić information content (AvgIpc) is 2.74. The molecular weight excluding hydrogens is 433 g/mol. The van der Waals surface area contributed by atoms with Gasteiger partial charge in [0.05, 0.1) is 18.8 Å². The largest absolute Gasteiger partial charge is 0.466 e. The molecule has 0 fully saturated rings. The van der Waals surface area contributed by atoms with Gasteiger partial charge in [-0.2, -0.15) is 13.2 Å². The third-order valence-electron chi connectivity index (χ3n) is 4.94. The third-order valence-corrected chi connectivity index (χ3v) is 4.94. The van der Waals surface area contributed by atoms with Crippen molar-refractivity contribution >= 4 is 11.9 Å². The molecule has 0 radical (unpaired) electrons. The van der Waals surface area contributed by atoms with Crippen LogP contribution in [0.5, 0.6) is 0 Å². The van der Waals surface area contributed by atoms with Crippen LogP contribution in [0, 0.1) is 0 Å². The van der Waals surface area contributed by atoms with Gasteiger partial charge in [0.15, 0.2) is 6.10 Å². The van der Waals surface area contributed by atoms with E-state index in [9.17, 15) is 27.9 Å². The molecule has 1 aromatic carbocycles. The summed E-state index contributed by atoms with van der Waals surface area (Å²) in [4.78, 5) is 25.1. The second-order valence-corrected chi connectivity index (χ2v) is 7.02. The summed E-state index contributed by atoms with van der Waals surface area (Å²) in [5.74, 6) is -2.62. The van der Waals surface area contributed by atoms with E-state index in [1.165, 1.54) is 37.3 Å². The van der Waals surface area contributed by atoms with Gasteiger partial charge in [-0.05, 0) is 19.9 Å². The maximum atomic E-state index is 14.1. The van der Waals surface area contributed by atoms with Crippen LogP contribution in [0.3, 0.4) is 0 Å². The van der Waals surface area contributed by atoms with Gasteiger partial charge in [-0.1, -0.05) is 42.5 Å². The van der Waals surface area contributed by atoms with Crippen molar-refractivity contribution in [1.82, 2.24) is 0 Å². The van der Waals surface area contributed by atoms with Gasteiger partial charge in [0.1, 0.15) is 12.2 Å². The van der Waals surface area contributed by atoms with Gasteiger partial charge in [0.2, 0.25) is 0 Å². The summed E-state index contributed by atoms with van der Waals surface area (Å²) in [6, 6.07) is 6.34. The lowest BCUT2D eigenvalue weighted by Gasteiger charge is -2.37. The summed E-state index contributed by atoms with van der Waals surface area (Å²) in [7, 11) is 1.85. The number of aliphatic hydroxyl groups excluding tert-OH is 1. The lowest BCUT2D eigenvalue weighted by molar-refractivity contribution is -0.279. The molecule has 1 aliphatic heterocycles. The first-order valence-corrected chi connectivity index (χ1v) is 9.68. The normalized spacial score (nSPS) is 24.4. The topological polar surface area (TPSA) is 91.3 Å². The van der Waals surface area contributed by atoms with E-state index in [2.05, 4.69) is 4.74 Å². The average molecular weight is 458 g/mol. The zero-order valence-corrected chi connectivity index (χ0v) is 18.0. The predicted molar refractivity (Wildman–Crippen MR) is 106 cm³/mol. The minimum atomic E-state index is -5.16. The summed E-state index contributed by atoms with van der Waals surface area (Å²) in [6.45, 7) is 2.99. The summed E-state index contributed by atoms with van der Waals surface area (Å²) in [5, 5.41) is 9.99. The molecule has 0 aromatic heterocycles. The molecule has 0 spiro atoms. The van der Waals surface area contributed by atoms with Crippen LogP contribution in [0.2, 0.25) is 0 Å². The molecule has 0 saturated heterocycles. The zero-order chi connectivity index (χ0) is 24.1. The highest BCUT2D eigenvalue weighted by atomic mass is 19.4. The van der Waals surface area contributed by atoms with Crippen LogP contribution in [0.1, 0.15) is 19.4 Å². The molecule has 0 saturated carbocycles. The van der Waals surface area contributed by atoms with E-state index in [0.717, 1.165) is 32.4 Å². The van der Waals surface area contributed by atoms with Gasteiger partial charge in [-0.15, -0.1) is 0 Å². The number of alkyl halides is 3. The molecule has 0 aliphatic carbocycles. The van der Waals surface area contributed by atoms with E-state index < -0.39 is 53.7 Å². The Morgan fingerprint density at radius 2 is 1.81 bits per heavy atom. The molecule has 1 heterocycles. The second-order valence-electron chi connectivity index (χ2n) is 7.02. The molecule has 7 nitrogen and oxygen atoms in total. The van der Waals surface area contributed by atoms with Crippen molar-refractivity contribution in [1.29, 1.82) is 0 Å². The van der Waals surface area contributed by atoms with E-state index in [-0.39, 0.29) is 5.57 Å². The minimum Gasteiger partial charge on any atom is -0.466 e. The van der Waals surface area contributed by atoms with E-state index in [0.29, 0.717) is 0 Å².